The normalized spacial score (nSPS) is 9.33. The Bertz CT molecular complexity index is 228. The summed E-state index contributed by atoms with van der Waals surface area (Å²) in [7, 11) is 0. The molecule has 0 saturated heterocycles. The number of nitrogens with zero attached hydrogens (tertiary/aromatic N) is 2. The molecule has 9 heavy (non-hydrogen) atoms. The SMILES string of the molecule is Oc1cnc([S])nc1O. The van der Waals surface area contributed by atoms with E-state index < -0.39 is 5.88 Å². The maximum absolute atomic E-state index is 8.63. The van der Waals surface area contributed by atoms with Crippen molar-refractivity contribution in [2.45, 2.75) is 5.16 Å². The van der Waals surface area contributed by atoms with Crippen LogP contribution in [0.15, 0.2) is 11.4 Å². The van der Waals surface area contributed by atoms with Crippen LogP contribution in [0.2, 0.25) is 0 Å². The molecule has 1 rings (SSSR count). The zero-order chi connectivity index (χ0) is 6.85. The number of aromatic nitrogens is 2. The van der Waals surface area contributed by atoms with E-state index in [1.807, 2.05) is 0 Å². The molecule has 1 aromatic heterocycles. The molecular formula is C4H3N2O2S. The third kappa shape index (κ3) is 1.17. The number of hydrogen-bond acceptors (Lipinski definition) is 4. The Labute approximate surface area is 56.6 Å². The van der Waals surface area contributed by atoms with Gasteiger partial charge in [-0.25, -0.2) is 4.98 Å². The summed E-state index contributed by atoms with van der Waals surface area (Å²) in [5.74, 6) is -0.835. The second-order valence-corrected chi connectivity index (χ2v) is 1.73. The lowest BCUT2D eigenvalue weighted by atomic mass is 10.6. The summed E-state index contributed by atoms with van der Waals surface area (Å²) in [6.07, 6.45) is 1.05. The van der Waals surface area contributed by atoms with Crippen LogP contribution in [0.25, 0.3) is 0 Å². The first-order chi connectivity index (χ1) is 4.20. The summed E-state index contributed by atoms with van der Waals surface area (Å²) in [5, 5.41) is 17.3. The largest absolute Gasteiger partial charge is 0.502 e. The zero-order valence-electron chi connectivity index (χ0n) is 4.27. The molecule has 0 atom stereocenters. The predicted molar refractivity (Wildman–Crippen MR) is 31.2 cm³/mol. The number of rotatable bonds is 0. The molecule has 0 amide bonds. The van der Waals surface area contributed by atoms with Crippen LogP contribution in [0.5, 0.6) is 11.6 Å². The van der Waals surface area contributed by atoms with Gasteiger partial charge in [0, 0.05) is 0 Å². The molecule has 47 valence electrons. The molecule has 0 spiro atoms. The van der Waals surface area contributed by atoms with Crippen LogP contribution in [0.3, 0.4) is 0 Å². The van der Waals surface area contributed by atoms with Crippen molar-refractivity contribution < 1.29 is 10.2 Å². The molecule has 1 aromatic rings. The Hall–Kier alpha value is -1.10. The second-order valence-electron chi connectivity index (χ2n) is 1.36. The van der Waals surface area contributed by atoms with Gasteiger partial charge in [-0.1, -0.05) is 0 Å². The molecule has 1 heterocycles. The number of aromatic hydroxyl groups is 2. The molecule has 4 nitrogen and oxygen atoms in total. The second kappa shape index (κ2) is 2.02. The highest BCUT2D eigenvalue weighted by atomic mass is 32.1. The summed E-state index contributed by atoms with van der Waals surface area (Å²) in [4.78, 5) is 6.72. The third-order valence-corrected chi connectivity index (χ3v) is 0.925. The van der Waals surface area contributed by atoms with Crippen LogP contribution in [-0.2, 0) is 0 Å². The molecular weight excluding hydrogens is 140 g/mol. The monoisotopic (exact) mass is 143 g/mol. The smallest absolute Gasteiger partial charge is 0.258 e. The van der Waals surface area contributed by atoms with Gasteiger partial charge in [-0.15, -0.1) is 0 Å². The fourth-order valence-electron chi connectivity index (χ4n) is 0.351. The molecule has 0 aliphatic carbocycles. The molecule has 0 unspecified atom stereocenters. The Balaban J connectivity index is 3.17. The molecule has 5 heteroatoms. The van der Waals surface area contributed by atoms with E-state index in [1.54, 1.807) is 0 Å². The summed E-state index contributed by atoms with van der Waals surface area (Å²) < 4.78 is 0. The summed E-state index contributed by atoms with van der Waals surface area (Å²) >= 11 is 4.47. The van der Waals surface area contributed by atoms with Crippen molar-refractivity contribution in [2.75, 3.05) is 0 Å². The van der Waals surface area contributed by atoms with Crippen LogP contribution in [0.4, 0.5) is 0 Å². The van der Waals surface area contributed by atoms with E-state index >= 15 is 0 Å². The van der Waals surface area contributed by atoms with Crippen molar-refractivity contribution in [2.24, 2.45) is 0 Å². The predicted octanol–water partition coefficient (Wildman–Crippen LogP) is 0.444. The van der Waals surface area contributed by atoms with E-state index in [2.05, 4.69) is 22.6 Å². The Kier molecular flexibility index (Phi) is 1.35. The lowest BCUT2D eigenvalue weighted by molar-refractivity contribution is 0.380. The highest BCUT2D eigenvalue weighted by Crippen LogP contribution is 2.19. The van der Waals surface area contributed by atoms with Crippen LogP contribution < -0.4 is 0 Å². The minimum Gasteiger partial charge on any atom is -0.502 e. The summed E-state index contributed by atoms with van der Waals surface area (Å²) in [5.41, 5.74) is 0. The maximum atomic E-state index is 8.63. The highest BCUT2D eigenvalue weighted by Gasteiger charge is 1.99. The van der Waals surface area contributed by atoms with Gasteiger partial charge in [-0.2, -0.15) is 4.98 Å². The summed E-state index contributed by atoms with van der Waals surface area (Å²) in [6, 6.07) is 0. The van der Waals surface area contributed by atoms with E-state index in [4.69, 9.17) is 10.2 Å². The lowest BCUT2D eigenvalue weighted by Crippen LogP contribution is -1.81. The Morgan fingerprint density at radius 3 is 2.56 bits per heavy atom. The van der Waals surface area contributed by atoms with Gasteiger partial charge < -0.3 is 10.2 Å². The van der Waals surface area contributed by atoms with Crippen molar-refractivity contribution in [1.82, 2.24) is 9.97 Å². The van der Waals surface area contributed by atoms with Crippen molar-refractivity contribution in [1.29, 1.82) is 0 Å². The fraction of sp³-hybridized carbons (Fsp3) is 0. The van der Waals surface area contributed by atoms with Gasteiger partial charge in [0.05, 0.1) is 6.20 Å². The van der Waals surface area contributed by atoms with Crippen molar-refractivity contribution in [3.05, 3.63) is 6.20 Å². The molecule has 0 fully saturated rings. The van der Waals surface area contributed by atoms with Crippen LogP contribution in [0.1, 0.15) is 0 Å². The molecule has 0 saturated carbocycles. The average molecular weight is 143 g/mol. The fourth-order valence-corrected chi connectivity index (χ4v) is 0.490. The van der Waals surface area contributed by atoms with E-state index in [1.165, 1.54) is 0 Å². The molecule has 0 bridgehead atoms. The standard InChI is InChI=1S/C4H3N2O2S/c7-2-1-5-4(9)6-3(2)8/h1,7H,(H,5,6,8). The minimum absolute atomic E-state index is 0.0188. The van der Waals surface area contributed by atoms with E-state index in [-0.39, 0.29) is 10.9 Å². The van der Waals surface area contributed by atoms with Crippen molar-refractivity contribution in [3.8, 4) is 11.6 Å². The molecule has 0 aliphatic rings. The van der Waals surface area contributed by atoms with E-state index in [0.717, 1.165) is 6.20 Å². The first-order valence-corrected chi connectivity index (χ1v) is 2.53. The third-order valence-electron chi connectivity index (χ3n) is 0.728. The Morgan fingerprint density at radius 1 is 1.44 bits per heavy atom. The Morgan fingerprint density at radius 2 is 2.11 bits per heavy atom. The lowest BCUT2D eigenvalue weighted by Gasteiger charge is -1.92. The van der Waals surface area contributed by atoms with Gasteiger partial charge in [-0.3, -0.25) is 0 Å². The topological polar surface area (TPSA) is 66.2 Å². The quantitative estimate of drug-likeness (QED) is 0.517. The van der Waals surface area contributed by atoms with Crippen LogP contribution >= 0.6 is 12.6 Å². The first kappa shape index (κ1) is 6.03. The molecule has 1 radical (unpaired) electrons. The van der Waals surface area contributed by atoms with Crippen LogP contribution in [0, 0.1) is 0 Å². The maximum Gasteiger partial charge on any atom is 0.258 e. The van der Waals surface area contributed by atoms with Gasteiger partial charge in [0.25, 0.3) is 5.88 Å². The van der Waals surface area contributed by atoms with Crippen molar-refractivity contribution in [3.63, 3.8) is 0 Å². The average Bonchev–Trinajstić information content (AvgIpc) is 1.80. The zero-order valence-corrected chi connectivity index (χ0v) is 5.09. The molecule has 0 aromatic carbocycles. The summed E-state index contributed by atoms with van der Waals surface area (Å²) in [6.45, 7) is 0. The van der Waals surface area contributed by atoms with Gasteiger partial charge in [0.2, 0.25) is 5.16 Å². The van der Waals surface area contributed by atoms with Gasteiger partial charge in [0.1, 0.15) is 0 Å². The molecule has 0 aliphatic heterocycles. The minimum atomic E-state index is -0.477. The highest BCUT2D eigenvalue weighted by molar-refractivity contribution is 7.80. The first-order valence-electron chi connectivity index (χ1n) is 2.12. The molecule has 2 N–H and O–H groups in total. The van der Waals surface area contributed by atoms with Gasteiger partial charge in [0.15, 0.2) is 5.75 Å². The van der Waals surface area contributed by atoms with Gasteiger partial charge >= 0.3 is 0 Å². The van der Waals surface area contributed by atoms with Crippen LogP contribution in [-0.4, -0.2) is 20.2 Å². The number of hydrogen-bond donors (Lipinski definition) is 2. The van der Waals surface area contributed by atoms with E-state index in [9.17, 15) is 0 Å². The van der Waals surface area contributed by atoms with Gasteiger partial charge in [-0.05, 0) is 12.6 Å². The van der Waals surface area contributed by atoms with Crippen molar-refractivity contribution >= 4 is 12.6 Å². The van der Waals surface area contributed by atoms with E-state index in [0.29, 0.717) is 0 Å².